The predicted molar refractivity (Wildman–Crippen MR) is 61.0 cm³/mol. The molecule has 0 spiro atoms. The van der Waals surface area contributed by atoms with E-state index in [4.69, 9.17) is 16.8 Å². The van der Waals surface area contributed by atoms with Crippen LogP contribution in [-0.4, -0.2) is 10.4 Å². The second-order valence-corrected chi connectivity index (χ2v) is 4.45. The van der Waals surface area contributed by atoms with Gasteiger partial charge in [0.15, 0.2) is 5.17 Å². The van der Waals surface area contributed by atoms with E-state index in [1.165, 1.54) is 0 Å². The quantitative estimate of drug-likeness (QED) is 0.354. The molecular formula is C7H4BrClINO. The largest absolute Gasteiger partial charge is 0.410 e. The van der Waals surface area contributed by atoms with Crippen molar-refractivity contribution in [3.8, 4) is 0 Å². The van der Waals surface area contributed by atoms with Crippen LogP contribution in [0.25, 0.3) is 0 Å². The maximum Gasteiger partial charge on any atom is 0.176 e. The van der Waals surface area contributed by atoms with Gasteiger partial charge in [0.1, 0.15) is 0 Å². The van der Waals surface area contributed by atoms with E-state index in [-0.39, 0.29) is 5.17 Å². The molecule has 0 saturated heterocycles. The van der Waals surface area contributed by atoms with E-state index >= 15 is 0 Å². The third kappa shape index (κ3) is 2.34. The van der Waals surface area contributed by atoms with Crippen LogP contribution in [0.5, 0.6) is 0 Å². The Kier molecular flexibility index (Phi) is 3.79. The maximum atomic E-state index is 8.44. The van der Waals surface area contributed by atoms with Crippen LogP contribution in [0.15, 0.2) is 27.8 Å². The topological polar surface area (TPSA) is 32.6 Å². The summed E-state index contributed by atoms with van der Waals surface area (Å²) in [5.74, 6) is 0. The highest BCUT2D eigenvalue weighted by molar-refractivity contribution is 14.1. The van der Waals surface area contributed by atoms with Crippen molar-refractivity contribution in [1.82, 2.24) is 0 Å². The minimum Gasteiger partial charge on any atom is -0.410 e. The molecule has 0 aliphatic rings. The van der Waals surface area contributed by atoms with Crippen molar-refractivity contribution >= 4 is 55.3 Å². The third-order valence-corrected chi connectivity index (χ3v) is 2.95. The van der Waals surface area contributed by atoms with Gasteiger partial charge in [0.2, 0.25) is 0 Å². The zero-order valence-corrected chi connectivity index (χ0v) is 10.3. The normalized spacial score (nSPS) is 11.8. The van der Waals surface area contributed by atoms with Crippen LogP contribution < -0.4 is 0 Å². The molecule has 12 heavy (non-hydrogen) atoms. The molecule has 1 aromatic carbocycles. The summed E-state index contributed by atoms with van der Waals surface area (Å²) < 4.78 is 1.85. The van der Waals surface area contributed by atoms with Crippen molar-refractivity contribution in [2.75, 3.05) is 0 Å². The van der Waals surface area contributed by atoms with E-state index < -0.39 is 0 Å². The fourth-order valence-corrected chi connectivity index (χ4v) is 1.98. The fraction of sp³-hybridized carbons (Fsp3) is 0. The van der Waals surface area contributed by atoms with Crippen LogP contribution in [0.1, 0.15) is 5.56 Å². The molecule has 0 fully saturated rings. The van der Waals surface area contributed by atoms with Gasteiger partial charge in [0.25, 0.3) is 0 Å². The molecule has 1 aromatic rings. The molecule has 64 valence electrons. The summed E-state index contributed by atoms with van der Waals surface area (Å²) in [6.07, 6.45) is 0. The lowest BCUT2D eigenvalue weighted by molar-refractivity contribution is 0.321. The Labute approximate surface area is 96.9 Å². The third-order valence-electron chi connectivity index (χ3n) is 1.24. The van der Waals surface area contributed by atoms with E-state index in [0.717, 1.165) is 8.04 Å². The molecule has 0 aromatic heterocycles. The minimum atomic E-state index is 0.0979. The molecule has 0 aliphatic carbocycles. The Bertz CT molecular complexity index is 329. The van der Waals surface area contributed by atoms with Crippen molar-refractivity contribution in [2.24, 2.45) is 5.16 Å². The van der Waals surface area contributed by atoms with Crippen LogP contribution in [0, 0.1) is 3.57 Å². The Morgan fingerprint density at radius 2 is 2.25 bits per heavy atom. The SMILES string of the molecule is O/N=C(/Cl)c1cc(Br)ccc1I. The summed E-state index contributed by atoms with van der Waals surface area (Å²) in [6, 6.07) is 5.57. The van der Waals surface area contributed by atoms with E-state index in [0.29, 0.717) is 5.56 Å². The average molecular weight is 360 g/mol. The van der Waals surface area contributed by atoms with E-state index in [1.54, 1.807) is 6.07 Å². The van der Waals surface area contributed by atoms with Gasteiger partial charge in [-0.05, 0) is 40.8 Å². The van der Waals surface area contributed by atoms with Crippen molar-refractivity contribution < 1.29 is 5.21 Å². The summed E-state index contributed by atoms with van der Waals surface area (Å²) in [5, 5.41) is 11.5. The highest BCUT2D eigenvalue weighted by atomic mass is 127. The van der Waals surface area contributed by atoms with Crippen LogP contribution in [-0.2, 0) is 0 Å². The molecule has 0 heterocycles. The molecule has 0 amide bonds. The number of oxime groups is 1. The predicted octanol–water partition coefficient (Wildman–Crippen LogP) is 3.43. The molecule has 5 heteroatoms. The first-order valence-electron chi connectivity index (χ1n) is 2.98. The number of hydrogen-bond acceptors (Lipinski definition) is 2. The zero-order valence-electron chi connectivity index (χ0n) is 5.76. The van der Waals surface area contributed by atoms with E-state index in [9.17, 15) is 0 Å². The molecule has 0 atom stereocenters. The summed E-state index contributed by atoms with van der Waals surface area (Å²) in [6.45, 7) is 0. The number of rotatable bonds is 1. The summed E-state index contributed by atoms with van der Waals surface area (Å²) in [5.41, 5.74) is 0.717. The summed E-state index contributed by atoms with van der Waals surface area (Å²) >= 11 is 11.1. The Hall–Kier alpha value is 0.190. The highest BCUT2D eigenvalue weighted by Gasteiger charge is 2.05. The first-order valence-corrected chi connectivity index (χ1v) is 5.23. The second kappa shape index (κ2) is 4.43. The zero-order chi connectivity index (χ0) is 9.14. The molecule has 0 bridgehead atoms. The molecule has 1 N–H and O–H groups in total. The molecule has 0 unspecified atom stereocenters. The van der Waals surface area contributed by atoms with E-state index in [2.05, 4.69) is 43.7 Å². The van der Waals surface area contributed by atoms with Crippen LogP contribution in [0.3, 0.4) is 0 Å². The van der Waals surface area contributed by atoms with Gasteiger partial charge in [0.05, 0.1) is 0 Å². The second-order valence-electron chi connectivity index (χ2n) is 2.01. The lowest BCUT2D eigenvalue weighted by Gasteiger charge is -2.00. The number of benzene rings is 1. The summed E-state index contributed by atoms with van der Waals surface area (Å²) in [4.78, 5) is 0. The smallest absolute Gasteiger partial charge is 0.176 e. The van der Waals surface area contributed by atoms with Gasteiger partial charge in [-0.3, -0.25) is 0 Å². The van der Waals surface area contributed by atoms with Crippen molar-refractivity contribution in [1.29, 1.82) is 0 Å². The first-order chi connectivity index (χ1) is 5.65. The molecule has 0 saturated carbocycles. The van der Waals surface area contributed by atoms with Gasteiger partial charge in [0, 0.05) is 13.6 Å². The highest BCUT2D eigenvalue weighted by Crippen LogP contribution is 2.20. The Balaban J connectivity index is 3.23. The van der Waals surface area contributed by atoms with Gasteiger partial charge < -0.3 is 5.21 Å². The van der Waals surface area contributed by atoms with Crippen LogP contribution in [0.2, 0.25) is 0 Å². The number of halogens is 3. The average Bonchev–Trinajstić information content (AvgIpc) is 2.08. The van der Waals surface area contributed by atoms with Crippen LogP contribution >= 0.6 is 50.1 Å². The Morgan fingerprint density at radius 3 is 2.83 bits per heavy atom. The fourth-order valence-electron chi connectivity index (χ4n) is 0.709. The van der Waals surface area contributed by atoms with Gasteiger partial charge >= 0.3 is 0 Å². The lowest BCUT2D eigenvalue weighted by atomic mass is 10.2. The van der Waals surface area contributed by atoms with Crippen molar-refractivity contribution in [3.63, 3.8) is 0 Å². The lowest BCUT2D eigenvalue weighted by Crippen LogP contribution is -1.94. The Morgan fingerprint density at radius 1 is 1.58 bits per heavy atom. The summed E-state index contributed by atoms with van der Waals surface area (Å²) in [7, 11) is 0. The number of nitrogens with zero attached hydrogens (tertiary/aromatic N) is 1. The maximum absolute atomic E-state index is 8.44. The monoisotopic (exact) mass is 359 g/mol. The van der Waals surface area contributed by atoms with Gasteiger partial charge in [-0.1, -0.05) is 32.7 Å². The van der Waals surface area contributed by atoms with E-state index in [1.807, 2.05) is 12.1 Å². The van der Waals surface area contributed by atoms with Gasteiger partial charge in [-0.25, -0.2) is 0 Å². The molecule has 1 rings (SSSR count). The molecule has 0 aliphatic heterocycles. The molecule has 0 radical (unpaired) electrons. The van der Waals surface area contributed by atoms with Crippen molar-refractivity contribution in [3.05, 3.63) is 31.8 Å². The van der Waals surface area contributed by atoms with Gasteiger partial charge in [-0.15, -0.1) is 0 Å². The van der Waals surface area contributed by atoms with Crippen molar-refractivity contribution in [2.45, 2.75) is 0 Å². The molecule has 2 nitrogen and oxygen atoms in total. The standard InChI is InChI=1S/C7H4BrClINO/c8-4-1-2-6(10)5(3-4)7(9)11-12/h1-3,12H/b11-7+. The number of hydrogen-bond donors (Lipinski definition) is 1. The first kappa shape index (κ1) is 10.3. The molecular weight excluding hydrogens is 356 g/mol. The minimum absolute atomic E-state index is 0.0979. The van der Waals surface area contributed by atoms with Crippen LogP contribution in [0.4, 0.5) is 0 Å². The van der Waals surface area contributed by atoms with Gasteiger partial charge in [-0.2, -0.15) is 0 Å².